The summed E-state index contributed by atoms with van der Waals surface area (Å²) in [6.45, 7) is 7.09. The minimum absolute atomic E-state index is 0.239. The van der Waals surface area contributed by atoms with E-state index in [1.54, 1.807) is 6.92 Å². The van der Waals surface area contributed by atoms with Gasteiger partial charge in [-0.25, -0.2) is 0 Å². The number of esters is 3. The quantitative estimate of drug-likeness (QED) is 0.254. The van der Waals surface area contributed by atoms with Gasteiger partial charge in [0.05, 0.1) is 17.0 Å². The van der Waals surface area contributed by atoms with E-state index < -0.39 is 76.3 Å². The predicted octanol–water partition coefficient (Wildman–Crippen LogP) is -0.113. The van der Waals surface area contributed by atoms with Crippen molar-refractivity contribution in [3.8, 4) is 0 Å². The lowest BCUT2D eigenvalue weighted by molar-refractivity contribution is -0.206. The summed E-state index contributed by atoms with van der Waals surface area (Å²) in [5.74, 6) is -3.99. The van der Waals surface area contributed by atoms with Crippen LogP contribution >= 0.6 is 0 Å². The highest BCUT2D eigenvalue weighted by atomic mass is 32.2. The summed E-state index contributed by atoms with van der Waals surface area (Å²) in [6, 6.07) is 2.71. The van der Waals surface area contributed by atoms with Crippen LogP contribution in [0.3, 0.4) is 0 Å². The average Bonchev–Trinajstić information content (AvgIpc) is 2.74. The number of hydrogen-bond acceptors (Lipinski definition) is 11. The zero-order valence-electron chi connectivity index (χ0n) is 21.2. The minimum atomic E-state index is -4.55. The van der Waals surface area contributed by atoms with Crippen LogP contribution in [0.4, 0.5) is 0 Å². The van der Waals surface area contributed by atoms with Crippen molar-refractivity contribution >= 4 is 39.8 Å². The van der Waals surface area contributed by atoms with Gasteiger partial charge in [0.15, 0.2) is 18.3 Å². The molecule has 2 rings (SSSR count). The zero-order valence-corrected chi connectivity index (χ0v) is 22.0. The van der Waals surface area contributed by atoms with Gasteiger partial charge in [-0.15, -0.1) is 0 Å². The van der Waals surface area contributed by atoms with Gasteiger partial charge < -0.3 is 24.8 Å². The number of carbonyl (C=O) groups is 5. The topological polar surface area (TPSA) is 180 Å². The maximum atomic E-state index is 13.2. The molecule has 1 aliphatic rings. The molecular weight excluding hydrogens is 512 g/mol. The second-order valence-electron chi connectivity index (χ2n) is 8.50. The number of amides is 2. The van der Waals surface area contributed by atoms with Crippen LogP contribution in [0.25, 0.3) is 0 Å². The fourth-order valence-corrected chi connectivity index (χ4v) is 5.12. The summed E-state index contributed by atoms with van der Waals surface area (Å²) in [4.78, 5) is 60.0. The molecule has 0 bridgehead atoms. The van der Waals surface area contributed by atoms with E-state index in [4.69, 9.17) is 18.4 Å². The Bertz CT molecular complexity index is 1110. The Hall–Kier alpha value is -3.52. The summed E-state index contributed by atoms with van der Waals surface area (Å²) in [5, 5.41) is 4.92. The van der Waals surface area contributed by atoms with Crippen molar-refractivity contribution in [1.29, 1.82) is 0 Å². The molecular formula is C23H30N2O11S. The van der Waals surface area contributed by atoms with Crippen LogP contribution < -0.4 is 10.6 Å². The van der Waals surface area contributed by atoms with Gasteiger partial charge in [0.2, 0.25) is 11.8 Å². The highest BCUT2D eigenvalue weighted by Crippen LogP contribution is 2.33. The fraction of sp³-hybridized carbons (Fsp3) is 0.522. The Kier molecular flexibility index (Phi) is 9.75. The van der Waals surface area contributed by atoms with E-state index in [0.29, 0.717) is 0 Å². The smallest absolute Gasteiger partial charge is 0.303 e. The van der Waals surface area contributed by atoms with E-state index in [0.717, 1.165) is 40.2 Å². The third kappa shape index (κ3) is 7.98. The summed E-state index contributed by atoms with van der Waals surface area (Å²) >= 11 is 0. The number of hydrogen-bond donors (Lipinski definition) is 2. The van der Waals surface area contributed by atoms with E-state index in [2.05, 4.69) is 10.6 Å². The molecule has 0 saturated heterocycles. The normalized spacial score (nSPS) is 25.4. The Balaban J connectivity index is 2.75. The maximum absolute atomic E-state index is 13.2. The number of benzene rings is 1. The molecule has 204 valence electrons. The lowest BCUT2D eigenvalue weighted by Gasteiger charge is -2.48. The standard InChI is InChI=1S/C23H30N2O11S/c1-11-7-9-17(10-8-11)37(31,32)36-20-18(24-12(2)26)21(33-14(4)28)23(35-16(6)30)22(34-15(5)29)19(20)25-13(3)27/h7-10,18-23H,1-6H3,(H,24,26)(H,25,27). The SMILES string of the molecule is CC(=O)NC1C(OS(=O)(=O)c2ccc(C)cc2)C(NC(C)=O)C(OC(C)=O)C(OC(C)=O)C1OC(C)=O. The van der Waals surface area contributed by atoms with Crippen LogP contribution in [-0.4, -0.2) is 74.6 Å². The molecule has 0 aromatic heterocycles. The second kappa shape index (κ2) is 12.1. The highest BCUT2D eigenvalue weighted by Gasteiger charge is 2.58. The number of nitrogens with one attached hydrogen (secondary N) is 2. The van der Waals surface area contributed by atoms with Crippen LogP contribution in [0, 0.1) is 6.92 Å². The summed E-state index contributed by atoms with van der Waals surface area (Å²) in [6.07, 6.45) is -6.38. The van der Waals surface area contributed by atoms with Crippen molar-refractivity contribution in [2.24, 2.45) is 0 Å². The minimum Gasteiger partial charge on any atom is -0.456 e. The molecule has 2 N–H and O–H groups in total. The van der Waals surface area contributed by atoms with Crippen molar-refractivity contribution < 1.29 is 50.8 Å². The monoisotopic (exact) mass is 542 g/mol. The number of rotatable bonds is 8. The Labute approximate surface area is 214 Å². The molecule has 0 radical (unpaired) electrons. The van der Waals surface area contributed by atoms with E-state index >= 15 is 0 Å². The van der Waals surface area contributed by atoms with E-state index in [9.17, 15) is 32.4 Å². The molecule has 0 aliphatic heterocycles. The van der Waals surface area contributed by atoms with Crippen molar-refractivity contribution in [2.75, 3.05) is 0 Å². The first kappa shape index (κ1) is 29.7. The lowest BCUT2D eigenvalue weighted by atomic mass is 9.80. The van der Waals surface area contributed by atoms with E-state index in [1.807, 2.05) is 0 Å². The lowest BCUT2D eigenvalue weighted by Crippen LogP contribution is -2.74. The van der Waals surface area contributed by atoms with Crippen molar-refractivity contribution in [3.05, 3.63) is 29.8 Å². The van der Waals surface area contributed by atoms with Gasteiger partial charge in [-0.1, -0.05) is 17.7 Å². The van der Waals surface area contributed by atoms with Gasteiger partial charge in [-0.3, -0.25) is 28.2 Å². The Morgan fingerprint density at radius 2 is 1.03 bits per heavy atom. The molecule has 1 aromatic rings. The molecule has 4 unspecified atom stereocenters. The Morgan fingerprint density at radius 1 is 0.649 bits per heavy atom. The summed E-state index contributed by atoms with van der Waals surface area (Å²) < 4.78 is 48.0. The van der Waals surface area contributed by atoms with Crippen molar-refractivity contribution in [1.82, 2.24) is 10.6 Å². The summed E-state index contributed by atoms with van der Waals surface area (Å²) in [7, 11) is -4.55. The Morgan fingerprint density at radius 3 is 1.38 bits per heavy atom. The van der Waals surface area contributed by atoms with Crippen molar-refractivity contribution in [3.63, 3.8) is 0 Å². The molecule has 37 heavy (non-hydrogen) atoms. The molecule has 2 amide bonds. The van der Waals surface area contributed by atoms with Crippen LogP contribution in [0.2, 0.25) is 0 Å². The molecule has 1 saturated carbocycles. The van der Waals surface area contributed by atoms with Crippen LogP contribution in [0.5, 0.6) is 0 Å². The molecule has 1 aliphatic carbocycles. The third-order valence-electron chi connectivity index (χ3n) is 5.26. The number of aryl methyl sites for hydroxylation is 1. The van der Waals surface area contributed by atoms with Gasteiger partial charge >= 0.3 is 17.9 Å². The molecule has 1 fully saturated rings. The maximum Gasteiger partial charge on any atom is 0.303 e. The largest absolute Gasteiger partial charge is 0.456 e. The van der Waals surface area contributed by atoms with Crippen molar-refractivity contribution in [2.45, 2.75) is 82.9 Å². The van der Waals surface area contributed by atoms with Gasteiger partial charge in [0.25, 0.3) is 10.1 Å². The van der Waals surface area contributed by atoms with Crippen LogP contribution in [0.1, 0.15) is 40.2 Å². The molecule has 0 spiro atoms. The fourth-order valence-electron chi connectivity index (χ4n) is 4.01. The van der Waals surface area contributed by atoms with E-state index in [1.165, 1.54) is 24.3 Å². The van der Waals surface area contributed by atoms with Gasteiger partial charge in [0, 0.05) is 34.6 Å². The zero-order chi connectivity index (χ0) is 28.1. The van der Waals surface area contributed by atoms with Crippen LogP contribution in [-0.2, 0) is 52.5 Å². The van der Waals surface area contributed by atoms with Gasteiger partial charge in [-0.05, 0) is 19.1 Å². The first-order valence-electron chi connectivity index (χ1n) is 11.2. The number of carbonyl (C=O) groups excluding carboxylic acids is 5. The molecule has 14 heteroatoms. The number of ether oxygens (including phenoxy) is 3. The van der Waals surface area contributed by atoms with E-state index in [-0.39, 0.29) is 4.90 Å². The highest BCUT2D eigenvalue weighted by molar-refractivity contribution is 7.86. The first-order valence-corrected chi connectivity index (χ1v) is 12.6. The van der Waals surface area contributed by atoms with Gasteiger partial charge in [0.1, 0.15) is 6.10 Å². The molecule has 1 aromatic carbocycles. The molecule has 0 heterocycles. The molecule has 13 nitrogen and oxygen atoms in total. The average molecular weight is 543 g/mol. The summed E-state index contributed by atoms with van der Waals surface area (Å²) in [5.41, 5.74) is 0.776. The second-order valence-corrected chi connectivity index (χ2v) is 10.1. The third-order valence-corrected chi connectivity index (χ3v) is 6.58. The predicted molar refractivity (Wildman–Crippen MR) is 125 cm³/mol. The van der Waals surface area contributed by atoms with Gasteiger partial charge in [-0.2, -0.15) is 8.42 Å². The van der Waals surface area contributed by atoms with Crippen LogP contribution in [0.15, 0.2) is 29.2 Å². The first-order chi connectivity index (χ1) is 17.1. The molecule has 4 atom stereocenters.